The van der Waals surface area contributed by atoms with Crippen LogP contribution in [0.15, 0.2) is 12.1 Å². The Morgan fingerprint density at radius 2 is 1.90 bits per heavy atom. The number of carbonyl (C=O) groups excluding carboxylic acids is 1. The molecule has 1 aliphatic rings. The number of rotatable bonds is 4. The minimum Gasteiger partial charge on any atom is -0.444 e. The van der Waals surface area contributed by atoms with Gasteiger partial charge < -0.3 is 9.30 Å². The Morgan fingerprint density at radius 3 is 2.47 bits per heavy atom. The molecule has 30 heavy (non-hydrogen) atoms. The zero-order valence-corrected chi connectivity index (χ0v) is 20.2. The summed E-state index contributed by atoms with van der Waals surface area (Å²) in [4.78, 5) is 19.3. The molecule has 0 N–H and O–H groups in total. The number of benzene rings is 1. The SMILES string of the molecule is CCc1nc(I)c2n1CCN(C(=O)OC(C)(C)C)C2CCc1cc(F)c(C)c(F)c1. The van der Waals surface area contributed by atoms with E-state index >= 15 is 0 Å². The van der Waals surface area contributed by atoms with Gasteiger partial charge in [0, 0.05) is 25.1 Å². The lowest BCUT2D eigenvalue weighted by molar-refractivity contribution is 0.00934. The Morgan fingerprint density at radius 1 is 1.27 bits per heavy atom. The van der Waals surface area contributed by atoms with Gasteiger partial charge in [0.05, 0.1) is 11.7 Å². The van der Waals surface area contributed by atoms with Crippen LogP contribution in [-0.4, -0.2) is 32.7 Å². The highest BCUT2D eigenvalue weighted by Crippen LogP contribution is 2.35. The minimum absolute atomic E-state index is 0.0204. The molecule has 1 amide bonds. The van der Waals surface area contributed by atoms with Crippen molar-refractivity contribution < 1.29 is 18.3 Å². The summed E-state index contributed by atoms with van der Waals surface area (Å²) >= 11 is 2.20. The smallest absolute Gasteiger partial charge is 0.410 e. The van der Waals surface area contributed by atoms with E-state index in [-0.39, 0.29) is 17.7 Å². The van der Waals surface area contributed by atoms with Crippen LogP contribution < -0.4 is 0 Å². The Kier molecular flexibility index (Phi) is 6.74. The maximum Gasteiger partial charge on any atom is 0.410 e. The predicted molar refractivity (Wildman–Crippen MR) is 119 cm³/mol. The second-order valence-electron chi connectivity index (χ2n) is 8.62. The van der Waals surface area contributed by atoms with Crippen LogP contribution in [0, 0.1) is 22.3 Å². The van der Waals surface area contributed by atoms with Crippen LogP contribution >= 0.6 is 22.6 Å². The van der Waals surface area contributed by atoms with Crippen molar-refractivity contribution in [2.75, 3.05) is 6.54 Å². The summed E-state index contributed by atoms with van der Waals surface area (Å²) in [6.07, 6.45) is 1.37. The van der Waals surface area contributed by atoms with Gasteiger partial charge in [0.2, 0.25) is 0 Å². The molecular formula is C22H28F2IN3O2. The maximum atomic E-state index is 14.0. The Balaban J connectivity index is 1.93. The van der Waals surface area contributed by atoms with Crippen LogP contribution in [0.5, 0.6) is 0 Å². The number of ether oxygens (including phenoxy) is 1. The molecule has 1 aliphatic heterocycles. The van der Waals surface area contributed by atoms with E-state index in [1.54, 1.807) is 4.90 Å². The minimum atomic E-state index is -0.607. The van der Waals surface area contributed by atoms with Gasteiger partial charge in [-0.05, 0) is 80.8 Å². The first-order chi connectivity index (χ1) is 14.0. The lowest BCUT2D eigenvalue weighted by atomic mass is 9.99. The van der Waals surface area contributed by atoms with Crippen molar-refractivity contribution in [3.05, 3.63) is 50.1 Å². The first-order valence-electron chi connectivity index (χ1n) is 10.2. The molecule has 0 radical (unpaired) electrons. The number of aromatic nitrogens is 2. The number of halogens is 3. The molecule has 164 valence electrons. The molecular weight excluding hydrogens is 503 g/mol. The van der Waals surface area contributed by atoms with Gasteiger partial charge in [-0.25, -0.2) is 18.6 Å². The number of amides is 1. The van der Waals surface area contributed by atoms with E-state index in [0.717, 1.165) is 21.6 Å². The largest absolute Gasteiger partial charge is 0.444 e. The average Bonchev–Trinajstić information content (AvgIpc) is 2.98. The molecule has 1 atom stereocenters. The third kappa shape index (κ3) is 4.78. The number of hydrogen-bond acceptors (Lipinski definition) is 3. The zero-order chi connectivity index (χ0) is 22.2. The zero-order valence-electron chi connectivity index (χ0n) is 18.1. The number of fused-ring (bicyclic) bond motifs is 1. The summed E-state index contributed by atoms with van der Waals surface area (Å²) in [6.45, 7) is 10.1. The van der Waals surface area contributed by atoms with Crippen molar-refractivity contribution >= 4 is 28.7 Å². The van der Waals surface area contributed by atoms with Gasteiger partial charge in [0.25, 0.3) is 0 Å². The number of carbonyl (C=O) groups is 1. The quantitative estimate of drug-likeness (QED) is 0.486. The van der Waals surface area contributed by atoms with Crippen LogP contribution in [0.2, 0.25) is 0 Å². The fraction of sp³-hybridized carbons (Fsp3) is 0.545. The van der Waals surface area contributed by atoms with Gasteiger partial charge in [-0.15, -0.1) is 0 Å². The van der Waals surface area contributed by atoms with Crippen LogP contribution in [0.25, 0.3) is 0 Å². The van der Waals surface area contributed by atoms with E-state index in [4.69, 9.17) is 4.74 Å². The fourth-order valence-electron chi connectivity index (χ4n) is 3.81. The lowest BCUT2D eigenvalue weighted by Crippen LogP contribution is -2.45. The summed E-state index contributed by atoms with van der Waals surface area (Å²) < 4.78 is 36.7. The van der Waals surface area contributed by atoms with Gasteiger partial charge in [-0.3, -0.25) is 4.90 Å². The lowest BCUT2D eigenvalue weighted by Gasteiger charge is -2.38. The standard InChI is InChI=1S/C22H28F2IN3O2/c1-6-18-26-20(25)19-17(8-7-14-11-15(23)13(2)16(24)12-14)27(9-10-28(18)19)21(29)30-22(3,4)5/h11-12,17H,6-10H2,1-5H3. The second-order valence-corrected chi connectivity index (χ2v) is 9.64. The molecule has 8 heteroatoms. The summed E-state index contributed by atoms with van der Waals surface area (Å²) in [5.41, 5.74) is 0.955. The Bertz CT molecular complexity index is 930. The van der Waals surface area contributed by atoms with Crippen LogP contribution in [0.4, 0.5) is 13.6 Å². The molecule has 0 spiro atoms. The maximum absolute atomic E-state index is 14.0. The monoisotopic (exact) mass is 531 g/mol. The molecule has 0 saturated carbocycles. The third-order valence-corrected chi connectivity index (χ3v) is 6.08. The van der Waals surface area contributed by atoms with E-state index in [2.05, 4.69) is 39.1 Å². The average molecular weight is 531 g/mol. The van der Waals surface area contributed by atoms with E-state index in [0.29, 0.717) is 31.5 Å². The molecule has 0 aliphatic carbocycles. The van der Waals surface area contributed by atoms with E-state index in [9.17, 15) is 13.6 Å². The third-order valence-electron chi connectivity index (χ3n) is 5.29. The topological polar surface area (TPSA) is 47.4 Å². The van der Waals surface area contributed by atoms with Crippen molar-refractivity contribution in [1.82, 2.24) is 14.5 Å². The van der Waals surface area contributed by atoms with E-state index in [1.807, 2.05) is 20.8 Å². The predicted octanol–water partition coefficient (Wildman–Crippen LogP) is 5.56. The van der Waals surface area contributed by atoms with Crippen LogP contribution in [-0.2, 0) is 24.1 Å². The summed E-state index contributed by atoms with van der Waals surface area (Å²) in [5.74, 6) is -0.119. The number of aryl methyl sites for hydroxylation is 2. The molecule has 1 aromatic heterocycles. The van der Waals surface area contributed by atoms with Gasteiger partial charge in [-0.2, -0.15) is 0 Å². The van der Waals surface area contributed by atoms with Gasteiger partial charge in [0.15, 0.2) is 0 Å². The van der Waals surface area contributed by atoms with Crippen molar-refractivity contribution in [3.8, 4) is 0 Å². The van der Waals surface area contributed by atoms with Gasteiger partial charge in [0.1, 0.15) is 26.8 Å². The van der Waals surface area contributed by atoms with E-state index < -0.39 is 17.2 Å². The number of nitrogens with zero attached hydrogens (tertiary/aromatic N) is 3. The van der Waals surface area contributed by atoms with Crippen LogP contribution in [0.3, 0.4) is 0 Å². The highest BCUT2D eigenvalue weighted by molar-refractivity contribution is 14.1. The van der Waals surface area contributed by atoms with E-state index in [1.165, 1.54) is 19.1 Å². The molecule has 1 aromatic carbocycles. The van der Waals surface area contributed by atoms with Crippen molar-refractivity contribution in [1.29, 1.82) is 0 Å². The summed E-state index contributed by atoms with van der Waals surface area (Å²) in [7, 11) is 0. The molecule has 5 nitrogen and oxygen atoms in total. The normalized spacial score (nSPS) is 16.5. The Hall–Kier alpha value is -1.71. The fourth-order valence-corrected chi connectivity index (χ4v) is 4.74. The highest BCUT2D eigenvalue weighted by Gasteiger charge is 2.36. The highest BCUT2D eigenvalue weighted by atomic mass is 127. The summed E-state index contributed by atoms with van der Waals surface area (Å²) in [5, 5.41) is 0. The molecule has 2 heterocycles. The van der Waals surface area contributed by atoms with Gasteiger partial charge >= 0.3 is 6.09 Å². The number of hydrogen-bond donors (Lipinski definition) is 0. The number of imidazole rings is 1. The van der Waals surface area contributed by atoms with Crippen molar-refractivity contribution in [3.63, 3.8) is 0 Å². The summed E-state index contributed by atoms with van der Waals surface area (Å²) in [6, 6.07) is 2.47. The first-order valence-corrected chi connectivity index (χ1v) is 11.3. The molecule has 0 bridgehead atoms. The molecule has 2 aromatic rings. The van der Waals surface area contributed by atoms with Crippen molar-refractivity contribution in [2.45, 2.75) is 72.1 Å². The molecule has 0 fully saturated rings. The van der Waals surface area contributed by atoms with Gasteiger partial charge in [-0.1, -0.05) is 6.92 Å². The second kappa shape index (κ2) is 8.80. The van der Waals surface area contributed by atoms with Crippen LogP contribution in [0.1, 0.15) is 62.8 Å². The first kappa shape index (κ1) is 23.0. The molecule has 0 saturated heterocycles. The van der Waals surface area contributed by atoms with Crippen molar-refractivity contribution in [2.24, 2.45) is 0 Å². The molecule has 3 rings (SSSR count). The molecule has 1 unspecified atom stereocenters. The Labute approximate surface area is 189 Å².